The van der Waals surface area contributed by atoms with Gasteiger partial charge in [0, 0.05) is 43.9 Å². The van der Waals surface area contributed by atoms with Crippen molar-refractivity contribution in [1.29, 1.82) is 0 Å². The average molecular weight is 722 g/mol. The van der Waals surface area contributed by atoms with Crippen LogP contribution in [0.5, 0.6) is 17.2 Å². The van der Waals surface area contributed by atoms with Gasteiger partial charge in [-0.05, 0) is 55.0 Å². The first kappa shape index (κ1) is 36.0. The van der Waals surface area contributed by atoms with Crippen molar-refractivity contribution in [3.63, 3.8) is 0 Å². The minimum absolute atomic E-state index is 0.0171. The first-order valence-electron chi connectivity index (χ1n) is 17.0. The number of aliphatic hydroxyl groups excluding tert-OH is 1. The third-order valence-corrected chi connectivity index (χ3v) is 11.9. The van der Waals surface area contributed by atoms with Gasteiger partial charge in [0.15, 0.2) is 17.8 Å². The van der Waals surface area contributed by atoms with Crippen molar-refractivity contribution in [2.75, 3.05) is 64.4 Å². The Morgan fingerprint density at radius 1 is 1.12 bits per heavy atom. The highest BCUT2D eigenvalue weighted by Crippen LogP contribution is 2.35. The Hall–Kier alpha value is -2.79. The van der Waals surface area contributed by atoms with Crippen LogP contribution in [0.15, 0.2) is 47.4 Å². The molecule has 0 radical (unpaired) electrons. The summed E-state index contributed by atoms with van der Waals surface area (Å²) in [4.78, 5) is 15.7. The van der Waals surface area contributed by atoms with Crippen molar-refractivity contribution in [2.45, 2.75) is 62.5 Å². The smallest absolute Gasteiger partial charge is 0.407 e. The first-order valence-corrected chi connectivity index (χ1v) is 19.6. The van der Waals surface area contributed by atoms with Crippen LogP contribution >= 0.6 is 11.8 Å². The molecule has 3 saturated heterocycles. The van der Waals surface area contributed by atoms with E-state index < -0.39 is 34.4 Å². The molecule has 13 nitrogen and oxygen atoms in total. The van der Waals surface area contributed by atoms with Crippen molar-refractivity contribution < 1.29 is 46.7 Å². The minimum Gasteiger partial charge on any atom is -0.494 e. The number of carbonyl (C=O) groups is 1. The van der Waals surface area contributed by atoms with Crippen molar-refractivity contribution in [2.24, 2.45) is 11.8 Å². The second kappa shape index (κ2) is 16.5. The number of sulfonamides is 1. The number of fused-ring (bicyclic) bond motifs is 2. The third kappa shape index (κ3) is 9.31. The molecule has 4 aliphatic rings. The van der Waals surface area contributed by atoms with Gasteiger partial charge >= 0.3 is 6.09 Å². The monoisotopic (exact) mass is 721 g/mol. The number of alkyl carbamates (subject to hydrolysis) is 1. The SMILES string of the molecule is CC(C)CN(CC(O)C(Cc1ccc(OCCCN2CCSC2)cc1)NC(=O)OC1COC2OCCC12)S(=O)(=O)c1ccc2c(c1)OCO2. The van der Waals surface area contributed by atoms with Crippen molar-refractivity contribution in [1.82, 2.24) is 14.5 Å². The van der Waals surface area contributed by atoms with Crippen LogP contribution in [0, 0.1) is 11.8 Å². The zero-order chi connectivity index (χ0) is 34.4. The fourth-order valence-corrected chi connectivity index (χ4v) is 9.11. The van der Waals surface area contributed by atoms with Gasteiger partial charge < -0.3 is 38.8 Å². The molecule has 2 aromatic carbocycles. The molecule has 270 valence electrons. The number of nitrogens with zero attached hydrogens (tertiary/aromatic N) is 2. The van der Waals surface area contributed by atoms with E-state index in [2.05, 4.69) is 10.2 Å². The zero-order valence-corrected chi connectivity index (χ0v) is 29.7. The topological polar surface area (TPSA) is 145 Å². The zero-order valence-electron chi connectivity index (χ0n) is 28.0. The third-order valence-electron chi connectivity index (χ3n) is 9.04. The Kier molecular flexibility index (Phi) is 12.1. The summed E-state index contributed by atoms with van der Waals surface area (Å²) in [6.07, 6.45) is -0.973. The number of hydrogen-bond acceptors (Lipinski definition) is 12. The van der Waals surface area contributed by atoms with Crippen LogP contribution in [0.3, 0.4) is 0 Å². The van der Waals surface area contributed by atoms with Gasteiger partial charge in [0.05, 0.1) is 42.8 Å². The number of rotatable bonds is 16. The summed E-state index contributed by atoms with van der Waals surface area (Å²) in [5.74, 6) is 3.71. The number of thioether (sulfide) groups is 1. The van der Waals surface area contributed by atoms with Gasteiger partial charge in [-0.25, -0.2) is 13.2 Å². The minimum atomic E-state index is -4.06. The second-order valence-electron chi connectivity index (χ2n) is 13.2. The fourth-order valence-electron chi connectivity index (χ4n) is 6.44. The lowest BCUT2D eigenvalue weighted by Gasteiger charge is -2.31. The van der Waals surface area contributed by atoms with Crippen LogP contribution in [0.2, 0.25) is 0 Å². The molecule has 1 amide bonds. The quantitative estimate of drug-likeness (QED) is 0.246. The van der Waals surface area contributed by atoms with Crippen LogP contribution < -0.4 is 19.5 Å². The summed E-state index contributed by atoms with van der Waals surface area (Å²) < 4.78 is 62.8. The average Bonchev–Trinajstić information content (AvgIpc) is 3.90. The van der Waals surface area contributed by atoms with E-state index in [0.717, 1.165) is 43.1 Å². The second-order valence-corrected chi connectivity index (χ2v) is 16.2. The molecule has 0 bridgehead atoms. The number of aliphatic hydroxyl groups is 1. The fraction of sp³-hybridized carbons (Fsp3) is 0.618. The highest BCUT2D eigenvalue weighted by atomic mass is 32.2. The molecule has 0 aromatic heterocycles. The lowest BCUT2D eigenvalue weighted by molar-refractivity contribution is -0.0907. The molecule has 5 atom stereocenters. The van der Waals surface area contributed by atoms with E-state index in [0.29, 0.717) is 24.7 Å². The number of hydrogen-bond donors (Lipinski definition) is 2. The highest BCUT2D eigenvalue weighted by Gasteiger charge is 2.44. The number of amides is 1. The summed E-state index contributed by atoms with van der Waals surface area (Å²) in [5, 5.41) is 14.5. The van der Waals surface area contributed by atoms with Gasteiger partial charge in [-0.2, -0.15) is 4.31 Å². The van der Waals surface area contributed by atoms with Crippen LogP contribution in [0.1, 0.15) is 32.3 Å². The van der Waals surface area contributed by atoms with E-state index in [-0.39, 0.29) is 55.9 Å². The Morgan fingerprint density at radius 2 is 1.94 bits per heavy atom. The molecule has 0 saturated carbocycles. The molecule has 49 heavy (non-hydrogen) atoms. The summed E-state index contributed by atoms with van der Waals surface area (Å²) in [6.45, 7) is 7.21. The van der Waals surface area contributed by atoms with E-state index >= 15 is 0 Å². The predicted octanol–water partition coefficient (Wildman–Crippen LogP) is 3.30. The maximum Gasteiger partial charge on any atom is 0.407 e. The molecule has 15 heteroatoms. The maximum atomic E-state index is 13.9. The first-order chi connectivity index (χ1) is 23.7. The lowest BCUT2D eigenvalue weighted by Crippen LogP contribution is -2.51. The number of nitrogens with one attached hydrogen (secondary N) is 1. The van der Waals surface area contributed by atoms with Gasteiger partial charge in [-0.15, -0.1) is 11.8 Å². The number of ether oxygens (including phenoxy) is 6. The molecule has 0 spiro atoms. The molecular formula is C34H47N3O10S2. The number of carbonyl (C=O) groups excluding carboxylic acids is 1. The number of benzene rings is 2. The van der Waals surface area contributed by atoms with Crippen LogP contribution in [0.25, 0.3) is 0 Å². The predicted molar refractivity (Wildman–Crippen MR) is 182 cm³/mol. The molecule has 5 unspecified atom stereocenters. The largest absolute Gasteiger partial charge is 0.494 e. The molecular weight excluding hydrogens is 675 g/mol. The van der Waals surface area contributed by atoms with Crippen LogP contribution in [0.4, 0.5) is 4.79 Å². The van der Waals surface area contributed by atoms with E-state index in [4.69, 9.17) is 28.4 Å². The van der Waals surface area contributed by atoms with Crippen LogP contribution in [-0.4, -0.2) is 118 Å². The lowest BCUT2D eigenvalue weighted by atomic mass is 10.0. The van der Waals surface area contributed by atoms with Crippen molar-refractivity contribution in [3.8, 4) is 17.2 Å². The van der Waals surface area contributed by atoms with Gasteiger partial charge in [0.25, 0.3) is 0 Å². The molecule has 6 rings (SSSR count). The van der Waals surface area contributed by atoms with E-state index in [9.17, 15) is 18.3 Å². The molecule has 0 aliphatic carbocycles. The van der Waals surface area contributed by atoms with Crippen LogP contribution in [-0.2, 0) is 30.7 Å². The summed E-state index contributed by atoms with van der Waals surface area (Å²) in [5.41, 5.74) is 0.827. The van der Waals surface area contributed by atoms with Crippen molar-refractivity contribution >= 4 is 27.9 Å². The summed E-state index contributed by atoms with van der Waals surface area (Å²) in [7, 11) is -4.06. The molecule has 4 aliphatic heterocycles. The normalized spacial score (nSPS) is 23.2. The molecule has 2 aromatic rings. The van der Waals surface area contributed by atoms with Gasteiger partial charge in [-0.1, -0.05) is 26.0 Å². The maximum absolute atomic E-state index is 13.9. The van der Waals surface area contributed by atoms with Gasteiger partial charge in [0.2, 0.25) is 16.8 Å². The molecule has 2 N–H and O–H groups in total. The van der Waals surface area contributed by atoms with E-state index in [1.165, 1.54) is 22.2 Å². The Bertz CT molecular complexity index is 1510. The molecule has 3 fully saturated rings. The Labute approximate surface area is 292 Å². The van der Waals surface area contributed by atoms with E-state index in [1.54, 1.807) is 6.07 Å². The van der Waals surface area contributed by atoms with Gasteiger partial charge in [0.1, 0.15) is 11.9 Å². The van der Waals surface area contributed by atoms with E-state index in [1.807, 2.05) is 49.9 Å². The Morgan fingerprint density at radius 3 is 2.71 bits per heavy atom. The van der Waals surface area contributed by atoms with Gasteiger partial charge in [-0.3, -0.25) is 4.90 Å². The van der Waals surface area contributed by atoms with Crippen molar-refractivity contribution in [3.05, 3.63) is 48.0 Å². The Balaban J connectivity index is 1.14. The summed E-state index contributed by atoms with van der Waals surface area (Å²) in [6, 6.07) is 11.1. The molecule has 4 heterocycles. The standard InChI is InChI=1S/C34H47N3O10S2/c1-23(2)18-37(49(40,41)26-8-9-30-31(17-26)46-22-45-30)19-29(38)28(35-34(39)47-32-20-44-33-27(32)10-14-43-33)16-24-4-6-25(7-5-24)42-13-3-11-36-12-15-48-21-36/h4-9,17,23,27-29,32-33,38H,3,10-16,18-22H2,1-2H3,(H,35,39). The highest BCUT2D eigenvalue weighted by molar-refractivity contribution is 7.99. The summed E-state index contributed by atoms with van der Waals surface area (Å²) >= 11 is 1.95.